The number of hydrogen-bond acceptors (Lipinski definition) is 4. The molecule has 0 radical (unpaired) electrons. The minimum absolute atomic E-state index is 0.124. The molecule has 0 saturated heterocycles. The molecule has 5 nitrogen and oxygen atoms in total. The van der Waals surface area contributed by atoms with Crippen molar-refractivity contribution in [3.63, 3.8) is 0 Å². The van der Waals surface area contributed by atoms with Crippen LogP contribution in [0.4, 0.5) is 0 Å². The summed E-state index contributed by atoms with van der Waals surface area (Å²) in [4.78, 5) is 0. The van der Waals surface area contributed by atoms with Crippen molar-refractivity contribution < 1.29 is 8.42 Å². The van der Waals surface area contributed by atoms with E-state index in [9.17, 15) is 8.42 Å². The van der Waals surface area contributed by atoms with Gasteiger partial charge < -0.3 is 0 Å². The highest BCUT2D eigenvalue weighted by Crippen LogP contribution is 2.11. The summed E-state index contributed by atoms with van der Waals surface area (Å²) in [6.45, 7) is 2.57. The Bertz CT molecular complexity index is 431. The van der Waals surface area contributed by atoms with E-state index in [0.717, 1.165) is 12.8 Å². The SMILES string of the molecule is CCCCCCCCCCS(=O)(=O)N(CCC#N)CCC#N. The van der Waals surface area contributed by atoms with E-state index in [0.29, 0.717) is 6.42 Å². The van der Waals surface area contributed by atoms with Gasteiger partial charge in [0.1, 0.15) is 0 Å². The normalized spacial score (nSPS) is 11.3. The van der Waals surface area contributed by atoms with Crippen LogP contribution in [0.3, 0.4) is 0 Å². The summed E-state index contributed by atoms with van der Waals surface area (Å²) >= 11 is 0. The van der Waals surface area contributed by atoms with E-state index in [1.807, 2.05) is 12.1 Å². The molecular formula is C16H29N3O2S. The summed E-state index contributed by atoms with van der Waals surface area (Å²) in [5, 5.41) is 17.2. The summed E-state index contributed by atoms with van der Waals surface area (Å²) < 4.78 is 25.7. The van der Waals surface area contributed by atoms with Crippen LogP contribution < -0.4 is 0 Å². The highest BCUT2D eigenvalue weighted by molar-refractivity contribution is 7.89. The van der Waals surface area contributed by atoms with Crippen molar-refractivity contribution in [2.24, 2.45) is 0 Å². The van der Waals surface area contributed by atoms with Crippen molar-refractivity contribution in [2.75, 3.05) is 18.8 Å². The summed E-state index contributed by atoms with van der Waals surface area (Å²) in [5.74, 6) is 0.124. The maximum atomic E-state index is 12.2. The summed E-state index contributed by atoms with van der Waals surface area (Å²) in [6.07, 6.45) is 9.19. The molecule has 0 aliphatic rings. The van der Waals surface area contributed by atoms with E-state index in [1.54, 1.807) is 0 Å². The van der Waals surface area contributed by atoms with Crippen LogP contribution in [0.25, 0.3) is 0 Å². The van der Waals surface area contributed by atoms with Gasteiger partial charge in [0.25, 0.3) is 0 Å². The highest BCUT2D eigenvalue weighted by Gasteiger charge is 2.20. The predicted octanol–water partition coefficient (Wildman–Crippen LogP) is 3.59. The van der Waals surface area contributed by atoms with Crippen LogP contribution in [-0.2, 0) is 10.0 Å². The third-order valence-electron chi connectivity index (χ3n) is 3.60. The second-order valence-electron chi connectivity index (χ2n) is 5.51. The van der Waals surface area contributed by atoms with Gasteiger partial charge in [-0.1, -0.05) is 51.9 Å². The fraction of sp³-hybridized carbons (Fsp3) is 0.875. The first-order valence-corrected chi connectivity index (χ1v) is 9.91. The Balaban J connectivity index is 4.02. The van der Waals surface area contributed by atoms with E-state index in [-0.39, 0.29) is 31.7 Å². The molecule has 0 aliphatic heterocycles. The number of rotatable bonds is 14. The molecule has 0 spiro atoms. The molecule has 0 N–H and O–H groups in total. The molecular weight excluding hydrogens is 298 g/mol. The zero-order chi connectivity index (χ0) is 16.7. The first kappa shape index (κ1) is 20.9. The summed E-state index contributed by atoms with van der Waals surface area (Å²) in [5.41, 5.74) is 0. The average molecular weight is 327 g/mol. The molecule has 0 rings (SSSR count). The molecule has 0 amide bonds. The largest absolute Gasteiger partial charge is 0.214 e. The summed E-state index contributed by atoms with van der Waals surface area (Å²) in [7, 11) is -3.34. The lowest BCUT2D eigenvalue weighted by molar-refractivity contribution is 0.423. The van der Waals surface area contributed by atoms with E-state index in [2.05, 4.69) is 6.92 Å². The van der Waals surface area contributed by atoms with Crippen LogP contribution in [0.15, 0.2) is 0 Å². The maximum absolute atomic E-state index is 12.2. The molecule has 0 bridgehead atoms. The van der Waals surface area contributed by atoms with Crippen LogP contribution in [-0.4, -0.2) is 31.6 Å². The molecule has 0 aromatic rings. The Morgan fingerprint density at radius 2 is 1.27 bits per heavy atom. The van der Waals surface area contributed by atoms with Crippen molar-refractivity contribution in [3.05, 3.63) is 0 Å². The number of sulfonamides is 1. The first-order valence-electron chi connectivity index (χ1n) is 8.30. The molecule has 22 heavy (non-hydrogen) atoms. The van der Waals surface area contributed by atoms with Crippen LogP contribution in [0.5, 0.6) is 0 Å². The Hall–Kier alpha value is -1.11. The monoisotopic (exact) mass is 327 g/mol. The molecule has 0 aromatic heterocycles. The van der Waals surface area contributed by atoms with E-state index < -0.39 is 10.0 Å². The smallest absolute Gasteiger partial charge is 0.212 e. The first-order chi connectivity index (χ1) is 10.6. The lowest BCUT2D eigenvalue weighted by Crippen LogP contribution is -2.34. The predicted molar refractivity (Wildman–Crippen MR) is 88.4 cm³/mol. The fourth-order valence-corrected chi connectivity index (χ4v) is 3.85. The fourth-order valence-electron chi connectivity index (χ4n) is 2.29. The lowest BCUT2D eigenvalue weighted by Gasteiger charge is -2.19. The Kier molecular flexibility index (Phi) is 12.9. The molecule has 0 atom stereocenters. The third-order valence-corrected chi connectivity index (χ3v) is 5.55. The molecule has 0 unspecified atom stereocenters. The quantitative estimate of drug-likeness (QED) is 0.456. The van der Waals surface area contributed by atoms with E-state index in [1.165, 1.54) is 36.4 Å². The van der Waals surface area contributed by atoms with Crippen molar-refractivity contribution in [2.45, 2.75) is 71.1 Å². The van der Waals surface area contributed by atoms with Crippen molar-refractivity contribution in [3.8, 4) is 12.1 Å². The Morgan fingerprint density at radius 3 is 1.73 bits per heavy atom. The number of nitriles is 2. The standard InChI is InChI=1S/C16H29N3O2S/c1-2-3-4-5-6-7-8-9-16-22(20,21)19(14-10-12-17)15-11-13-18/h2-11,14-16H2,1H3. The van der Waals surface area contributed by atoms with Gasteiger partial charge in [0, 0.05) is 25.9 Å². The van der Waals surface area contributed by atoms with Gasteiger partial charge >= 0.3 is 0 Å². The van der Waals surface area contributed by atoms with Crippen LogP contribution in [0.1, 0.15) is 71.1 Å². The Labute approximate surface area is 136 Å². The van der Waals surface area contributed by atoms with Crippen LogP contribution in [0, 0.1) is 22.7 Å². The van der Waals surface area contributed by atoms with Gasteiger partial charge in [-0.05, 0) is 6.42 Å². The second-order valence-corrected chi connectivity index (χ2v) is 7.59. The molecule has 6 heteroatoms. The van der Waals surface area contributed by atoms with Gasteiger partial charge in [-0.3, -0.25) is 0 Å². The van der Waals surface area contributed by atoms with Crippen LogP contribution >= 0.6 is 0 Å². The molecule has 0 aliphatic carbocycles. The molecule has 126 valence electrons. The zero-order valence-electron chi connectivity index (χ0n) is 13.8. The Morgan fingerprint density at radius 1 is 0.818 bits per heavy atom. The van der Waals surface area contributed by atoms with Gasteiger partial charge in [0.05, 0.1) is 17.9 Å². The number of hydrogen-bond donors (Lipinski definition) is 0. The van der Waals surface area contributed by atoms with Gasteiger partial charge in [-0.2, -0.15) is 14.8 Å². The number of unbranched alkanes of at least 4 members (excludes halogenated alkanes) is 7. The average Bonchev–Trinajstić information content (AvgIpc) is 2.49. The van der Waals surface area contributed by atoms with Crippen molar-refractivity contribution in [1.29, 1.82) is 10.5 Å². The summed E-state index contributed by atoms with van der Waals surface area (Å²) in [6, 6.07) is 3.92. The van der Waals surface area contributed by atoms with Crippen LogP contribution in [0.2, 0.25) is 0 Å². The molecule has 0 fully saturated rings. The van der Waals surface area contributed by atoms with E-state index >= 15 is 0 Å². The molecule has 0 saturated carbocycles. The molecule has 0 aromatic carbocycles. The molecule has 0 heterocycles. The second kappa shape index (κ2) is 13.5. The van der Waals surface area contributed by atoms with Gasteiger partial charge in [0.15, 0.2) is 0 Å². The van der Waals surface area contributed by atoms with Crippen molar-refractivity contribution >= 4 is 10.0 Å². The van der Waals surface area contributed by atoms with Gasteiger partial charge in [0.2, 0.25) is 10.0 Å². The van der Waals surface area contributed by atoms with Gasteiger partial charge in [-0.15, -0.1) is 0 Å². The van der Waals surface area contributed by atoms with Crippen molar-refractivity contribution in [1.82, 2.24) is 4.31 Å². The van der Waals surface area contributed by atoms with Gasteiger partial charge in [-0.25, -0.2) is 8.42 Å². The van der Waals surface area contributed by atoms with E-state index in [4.69, 9.17) is 10.5 Å². The maximum Gasteiger partial charge on any atom is 0.214 e. The topological polar surface area (TPSA) is 85.0 Å². The minimum atomic E-state index is -3.34. The third kappa shape index (κ3) is 10.6. The minimum Gasteiger partial charge on any atom is -0.212 e. The highest BCUT2D eigenvalue weighted by atomic mass is 32.2. The number of nitrogens with zero attached hydrogens (tertiary/aromatic N) is 3. The zero-order valence-corrected chi connectivity index (χ0v) is 14.6. The lowest BCUT2D eigenvalue weighted by atomic mass is 10.1.